The van der Waals surface area contributed by atoms with Crippen molar-refractivity contribution in [3.63, 3.8) is 0 Å². The number of rotatable bonds is 5. The van der Waals surface area contributed by atoms with Gasteiger partial charge in [-0.1, -0.05) is 12.1 Å². The van der Waals surface area contributed by atoms with Gasteiger partial charge >= 0.3 is 0 Å². The van der Waals surface area contributed by atoms with E-state index in [9.17, 15) is 14.0 Å². The number of carbonyl (C=O) groups excluding carboxylic acids is 2. The lowest BCUT2D eigenvalue weighted by Crippen LogP contribution is -2.51. The van der Waals surface area contributed by atoms with Crippen LogP contribution >= 0.6 is 0 Å². The van der Waals surface area contributed by atoms with E-state index in [4.69, 9.17) is 4.74 Å². The number of ether oxygens (including phenoxy) is 1. The van der Waals surface area contributed by atoms with Gasteiger partial charge in [0.05, 0.1) is 18.2 Å². The number of nitrogens with zero attached hydrogens (tertiary/aromatic N) is 2. The summed E-state index contributed by atoms with van der Waals surface area (Å²) in [5, 5.41) is 2.90. The number of hydrogen-bond acceptors (Lipinski definition) is 4. The Kier molecular flexibility index (Phi) is 5.99. The van der Waals surface area contributed by atoms with E-state index in [1.807, 2.05) is 4.90 Å². The highest BCUT2D eigenvalue weighted by molar-refractivity contribution is 5.94. The normalized spacial score (nSPS) is 21.3. The molecular weight excluding hydrogens is 325 g/mol. The number of piperazine rings is 1. The van der Waals surface area contributed by atoms with Gasteiger partial charge in [0.25, 0.3) is 5.91 Å². The average molecular weight is 349 g/mol. The molecule has 136 valence electrons. The molecule has 0 aliphatic carbocycles. The minimum absolute atomic E-state index is 0.0237. The number of carbonyl (C=O) groups is 2. The van der Waals surface area contributed by atoms with Crippen LogP contribution in [0.25, 0.3) is 0 Å². The Morgan fingerprint density at radius 2 is 1.96 bits per heavy atom. The average Bonchev–Trinajstić information content (AvgIpc) is 3.14. The maximum atomic E-state index is 13.7. The van der Waals surface area contributed by atoms with E-state index < -0.39 is 5.82 Å². The zero-order valence-electron chi connectivity index (χ0n) is 14.2. The van der Waals surface area contributed by atoms with Gasteiger partial charge < -0.3 is 15.0 Å². The summed E-state index contributed by atoms with van der Waals surface area (Å²) in [5.41, 5.74) is 0.102. The van der Waals surface area contributed by atoms with Crippen molar-refractivity contribution in [2.75, 3.05) is 45.9 Å². The van der Waals surface area contributed by atoms with Crippen molar-refractivity contribution in [2.45, 2.75) is 18.9 Å². The number of nitrogens with one attached hydrogen (secondary N) is 1. The molecule has 0 unspecified atom stereocenters. The Bertz CT molecular complexity index is 611. The van der Waals surface area contributed by atoms with Gasteiger partial charge in [-0.25, -0.2) is 4.39 Å². The zero-order valence-corrected chi connectivity index (χ0v) is 14.2. The Morgan fingerprint density at radius 3 is 2.64 bits per heavy atom. The molecule has 3 rings (SSSR count). The summed E-state index contributed by atoms with van der Waals surface area (Å²) < 4.78 is 19.2. The molecule has 1 aromatic carbocycles. The summed E-state index contributed by atoms with van der Waals surface area (Å²) in [4.78, 5) is 28.0. The lowest BCUT2D eigenvalue weighted by Gasteiger charge is -2.34. The molecule has 0 radical (unpaired) electrons. The first-order valence-corrected chi connectivity index (χ1v) is 8.78. The second kappa shape index (κ2) is 8.40. The van der Waals surface area contributed by atoms with E-state index in [1.165, 1.54) is 12.1 Å². The number of amides is 2. The lowest BCUT2D eigenvalue weighted by molar-refractivity contribution is -0.123. The largest absolute Gasteiger partial charge is 0.376 e. The fourth-order valence-corrected chi connectivity index (χ4v) is 3.21. The van der Waals surface area contributed by atoms with Crippen molar-refractivity contribution >= 4 is 11.8 Å². The molecular formula is C18H24FN3O3. The predicted octanol–water partition coefficient (Wildman–Crippen LogP) is 0.879. The minimum atomic E-state index is -0.497. The Morgan fingerprint density at radius 1 is 1.20 bits per heavy atom. The van der Waals surface area contributed by atoms with Crippen LogP contribution in [0.5, 0.6) is 0 Å². The summed E-state index contributed by atoms with van der Waals surface area (Å²) in [6.07, 6.45) is 2.19. The summed E-state index contributed by atoms with van der Waals surface area (Å²) in [6, 6.07) is 6.02. The number of hydrogen-bond donors (Lipinski definition) is 1. The predicted molar refractivity (Wildman–Crippen MR) is 90.7 cm³/mol. The Labute approximate surface area is 146 Å². The van der Waals surface area contributed by atoms with Crippen LogP contribution in [0.2, 0.25) is 0 Å². The third-order valence-corrected chi connectivity index (χ3v) is 4.68. The molecule has 1 N–H and O–H groups in total. The monoisotopic (exact) mass is 349 g/mol. The molecule has 0 spiro atoms. The van der Waals surface area contributed by atoms with Gasteiger partial charge in [0, 0.05) is 39.3 Å². The maximum absolute atomic E-state index is 13.7. The first-order chi connectivity index (χ1) is 12.1. The molecule has 0 aromatic heterocycles. The first-order valence-electron chi connectivity index (χ1n) is 8.78. The lowest BCUT2D eigenvalue weighted by atomic mass is 10.1. The summed E-state index contributed by atoms with van der Waals surface area (Å²) in [5.74, 6) is -0.812. The Hall–Kier alpha value is -1.99. The fourth-order valence-electron chi connectivity index (χ4n) is 3.21. The molecule has 2 fully saturated rings. The van der Waals surface area contributed by atoms with Crippen LogP contribution in [0.4, 0.5) is 4.39 Å². The van der Waals surface area contributed by atoms with Crippen molar-refractivity contribution in [2.24, 2.45) is 0 Å². The molecule has 0 bridgehead atoms. The highest BCUT2D eigenvalue weighted by Gasteiger charge is 2.25. The topological polar surface area (TPSA) is 61.9 Å². The van der Waals surface area contributed by atoms with Crippen molar-refractivity contribution < 1.29 is 18.7 Å². The van der Waals surface area contributed by atoms with Crippen molar-refractivity contribution in [3.8, 4) is 0 Å². The second-order valence-electron chi connectivity index (χ2n) is 6.49. The SMILES string of the molecule is O=C(CN1CCN(C(=O)c2ccccc2F)CC1)NC[C@@H]1CCCO1. The van der Waals surface area contributed by atoms with Crippen LogP contribution in [0.1, 0.15) is 23.2 Å². The molecule has 2 aliphatic rings. The molecule has 1 aromatic rings. The minimum Gasteiger partial charge on any atom is -0.376 e. The number of benzene rings is 1. The van der Waals surface area contributed by atoms with Crippen molar-refractivity contribution in [3.05, 3.63) is 35.6 Å². The highest BCUT2D eigenvalue weighted by Crippen LogP contribution is 2.13. The van der Waals surface area contributed by atoms with Crippen molar-refractivity contribution in [1.29, 1.82) is 0 Å². The van der Waals surface area contributed by atoms with Gasteiger partial charge in [0.15, 0.2) is 0 Å². The van der Waals surface area contributed by atoms with Gasteiger partial charge in [0.1, 0.15) is 5.82 Å². The third kappa shape index (κ3) is 4.76. The standard InChI is InChI=1S/C18H24FN3O3/c19-16-6-2-1-5-15(16)18(24)22-9-7-21(8-10-22)13-17(23)20-12-14-4-3-11-25-14/h1-2,5-6,14H,3-4,7-13H2,(H,20,23)/t14-/m0/s1. The van der Waals surface area contributed by atoms with E-state index in [2.05, 4.69) is 5.32 Å². The van der Waals surface area contributed by atoms with Gasteiger partial charge in [-0.2, -0.15) is 0 Å². The van der Waals surface area contributed by atoms with Crippen molar-refractivity contribution in [1.82, 2.24) is 15.1 Å². The van der Waals surface area contributed by atoms with Crippen LogP contribution in [0.3, 0.4) is 0 Å². The molecule has 6 nitrogen and oxygen atoms in total. The zero-order chi connectivity index (χ0) is 17.6. The van der Waals surface area contributed by atoms with Crippen LogP contribution < -0.4 is 5.32 Å². The molecule has 2 amide bonds. The summed E-state index contributed by atoms with van der Waals surface area (Å²) in [6.45, 7) is 3.84. The molecule has 2 heterocycles. The van der Waals surface area contributed by atoms with Crippen LogP contribution in [-0.2, 0) is 9.53 Å². The van der Waals surface area contributed by atoms with E-state index in [0.29, 0.717) is 39.3 Å². The third-order valence-electron chi connectivity index (χ3n) is 4.68. The fraction of sp³-hybridized carbons (Fsp3) is 0.556. The highest BCUT2D eigenvalue weighted by atomic mass is 19.1. The van der Waals surface area contributed by atoms with Crippen LogP contribution in [-0.4, -0.2) is 73.6 Å². The summed E-state index contributed by atoms with van der Waals surface area (Å²) in [7, 11) is 0. The van der Waals surface area contributed by atoms with E-state index >= 15 is 0 Å². The quantitative estimate of drug-likeness (QED) is 0.857. The van der Waals surface area contributed by atoms with Gasteiger partial charge in [-0.15, -0.1) is 0 Å². The van der Waals surface area contributed by atoms with E-state index in [0.717, 1.165) is 19.4 Å². The molecule has 1 atom stereocenters. The smallest absolute Gasteiger partial charge is 0.256 e. The van der Waals surface area contributed by atoms with E-state index in [-0.39, 0.29) is 23.5 Å². The summed E-state index contributed by atoms with van der Waals surface area (Å²) >= 11 is 0. The maximum Gasteiger partial charge on any atom is 0.256 e. The molecule has 7 heteroatoms. The van der Waals surface area contributed by atoms with Gasteiger partial charge in [0.2, 0.25) is 5.91 Å². The second-order valence-corrected chi connectivity index (χ2v) is 6.49. The van der Waals surface area contributed by atoms with E-state index in [1.54, 1.807) is 17.0 Å². The van der Waals surface area contributed by atoms with Crippen LogP contribution in [0.15, 0.2) is 24.3 Å². The molecule has 2 aliphatic heterocycles. The number of halogens is 1. The molecule has 2 saturated heterocycles. The first kappa shape index (κ1) is 17.8. The molecule has 0 saturated carbocycles. The van der Waals surface area contributed by atoms with Crippen LogP contribution in [0, 0.1) is 5.82 Å². The van der Waals surface area contributed by atoms with Gasteiger partial charge in [-0.3, -0.25) is 14.5 Å². The molecule has 25 heavy (non-hydrogen) atoms. The Balaban J connectivity index is 1.41. The van der Waals surface area contributed by atoms with Gasteiger partial charge in [-0.05, 0) is 25.0 Å².